The summed E-state index contributed by atoms with van der Waals surface area (Å²) >= 11 is 0. The van der Waals surface area contributed by atoms with Crippen molar-refractivity contribution in [3.63, 3.8) is 0 Å². The minimum atomic E-state index is 1.26. The van der Waals surface area contributed by atoms with Crippen LogP contribution in [0.4, 0.5) is 0 Å². The van der Waals surface area contributed by atoms with Gasteiger partial charge in [0, 0.05) is 0 Å². The van der Waals surface area contributed by atoms with Crippen LogP contribution >= 0.6 is 0 Å². The van der Waals surface area contributed by atoms with Crippen LogP contribution in [0.2, 0.25) is 0 Å². The molecule has 0 heteroatoms. The molecule has 0 fully saturated rings. The van der Waals surface area contributed by atoms with Gasteiger partial charge in [-0.25, -0.2) is 0 Å². The molecule has 0 aliphatic heterocycles. The smallest absolute Gasteiger partial charge is 0.00990 e. The summed E-state index contributed by atoms with van der Waals surface area (Å²) in [6.07, 6.45) is 0. The van der Waals surface area contributed by atoms with Crippen LogP contribution in [0.1, 0.15) is 11.1 Å². The van der Waals surface area contributed by atoms with E-state index in [-0.39, 0.29) is 0 Å². The number of fused-ring (bicyclic) bond motifs is 6. The summed E-state index contributed by atoms with van der Waals surface area (Å²) in [4.78, 5) is 0. The Balaban J connectivity index is 1.37. The predicted molar refractivity (Wildman–Crippen MR) is 157 cm³/mol. The molecule has 0 bridgehead atoms. The molecule has 0 aliphatic rings. The molecule has 0 saturated heterocycles. The second-order valence-electron chi connectivity index (χ2n) is 10.0. The molecule has 0 spiro atoms. The van der Waals surface area contributed by atoms with Crippen LogP contribution in [0.25, 0.3) is 65.3 Å². The first-order valence-electron chi connectivity index (χ1n) is 12.6. The first-order chi connectivity index (χ1) is 17.6. The maximum atomic E-state index is 2.37. The molecule has 0 aliphatic carbocycles. The third kappa shape index (κ3) is 3.46. The predicted octanol–water partition coefficient (Wildman–Crippen LogP) is 10.3. The van der Waals surface area contributed by atoms with E-state index in [1.54, 1.807) is 0 Å². The average molecular weight is 459 g/mol. The lowest BCUT2D eigenvalue weighted by atomic mass is 9.93. The molecule has 170 valence electrons. The van der Waals surface area contributed by atoms with Crippen LogP contribution in [0.5, 0.6) is 0 Å². The first-order valence-corrected chi connectivity index (χ1v) is 12.6. The normalized spacial score (nSPS) is 11.6. The molecule has 0 radical (unpaired) electrons. The van der Waals surface area contributed by atoms with Crippen molar-refractivity contribution < 1.29 is 0 Å². The SMILES string of the molecule is Cc1ccc(-c2ccc3c(ccc4cc5c(ccc6cc(-c7ccc(C)cc7)ccc65)cc43)c2)cc1. The van der Waals surface area contributed by atoms with E-state index in [4.69, 9.17) is 0 Å². The zero-order chi connectivity index (χ0) is 24.2. The molecule has 0 atom stereocenters. The number of aryl methyl sites for hydroxylation is 2. The van der Waals surface area contributed by atoms with Crippen LogP contribution in [0, 0.1) is 13.8 Å². The third-order valence-corrected chi connectivity index (χ3v) is 7.56. The van der Waals surface area contributed by atoms with E-state index < -0.39 is 0 Å². The minimum absolute atomic E-state index is 1.26. The highest BCUT2D eigenvalue weighted by molar-refractivity contribution is 6.17. The van der Waals surface area contributed by atoms with Gasteiger partial charge in [0.1, 0.15) is 0 Å². The average Bonchev–Trinajstić information content (AvgIpc) is 2.92. The zero-order valence-corrected chi connectivity index (χ0v) is 20.5. The number of hydrogen-bond acceptors (Lipinski definition) is 0. The summed E-state index contributed by atoms with van der Waals surface area (Å²) in [6.45, 7) is 4.26. The summed E-state index contributed by atoms with van der Waals surface area (Å²) in [5.74, 6) is 0. The van der Waals surface area contributed by atoms with Gasteiger partial charge in [-0.15, -0.1) is 0 Å². The van der Waals surface area contributed by atoms with E-state index in [1.165, 1.54) is 76.5 Å². The quantitative estimate of drug-likeness (QED) is 0.178. The topological polar surface area (TPSA) is 0 Å². The highest BCUT2D eigenvalue weighted by Gasteiger charge is 2.08. The highest BCUT2D eigenvalue weighted by atomic mass is 14.1. The maximum absolute atomic E-state index is 2.37. The van der Waals surface area contributed by atoms with E-state index >= 15 is 0 Å². The molecule has 7 aromatic rings. The van der Waals surface area contributed by atoms with Crippen LogP contribution < -0.4 is 0 Å². The van der Waals surface area contributed by atoms with Crippen LogP contribution in [-0.2, 0) is 0 Å². The van der Waals surface area contributed by atoms with Crippen LogP contribution in [0.3, 0.4) is 0 Å². The fourth-order valence-corrected chi connectivity index (χ4v) is 5.48. The van der Waals surface area contributed by atoms with Crippen LogP contribution in [-0.4, -0.2) is 0 Å². The summed E-state index contributed by atoms with van der Waals surface area (Å²) in [5, 5.41) is 10.4. The maximum Gasteiger partial charge on any atom is -0.00990 e. The Bertz CT molecular complexity index is 1780. The number of benzene rings is 7. The molecule has 7 aromatic carbocycles. The minimum Gasteiger partial charge on any atom is -0.0587 e. The molecule has 0 amide bonds. The summed E-state index contributed by atoms with van der Waals surface area (Å²) in [7, 11) is 0. The molecule has 0 aromatic heterocycles. The van der Waals surface area contributed by atoms with E-state index in [0.29, 0.717) is 0 Å². The summed E-state index contributed by atoms with van der Waals surface area (Å²) in [5.41, 5.74) is 7.62. The van der Waals surface area contributed by atoms with Gasteiger partial charge < -0.3 is 0 Å². The Morgan fingerprint density at radius 3 is 1.00 bits per heavy atom. The van der Waals surface area contributed by atoms with Gasteiger partial charge in [-0.3, -0.25) is 0 Å². The monoisotopic (exact) mass is 458 g/mol. The number of hydrogen-bond donors (Lipinski definition) is 0. The van der Waals surface area contributed by atoms with E-state index in [1.807, 2.05) is 0 Å². The van der Waals surface area contributed by atoms with Gasteiger partial charge in [0.25, 0.3) is 0 Å². The van der Waals surface area contributed by atoms with Crippen molar-refractivity contribution >= 4 is 43.1 Å². The lowest BCUT2D eigenvalue weighted by molar-refractivity contribution is 1.47. The van der Waals surface area contributed by atoms with Crippen molar-refractivity contribution in [1.29, 1.82) is 0 Å². The Labute approximate surface area is 211 Å². The van der Waals surface area contributed by atoms with Crippen LogP contribution in [0.15, 0.2) is 121 Å². The molecule has 0 heterocycles. The Morgan fingerprint density at radius 2 is 0.611 bits per heavy atom. The Kier molecular flexibility index (Phi) is 4.69. The molecule has 0 nitrogen and oxygen atoms in total. The van der Waals surface area contributed by atoms with E-state index in [0.717, 1.165) is 0 Å². The molecular weight excluding hydrogens is 432 g/mol. The summed E-state index contributed by atoms with van der Waals surface area (Å²) < 4.78 is 0. The molecular formula is C36H26. The van der Waals surface area contributed by atoms with Crippen molar-refractivity contribution in [1.82, 2.24) is 0 Å². The molecule has 0 N–H and O–H groups in total. The lowest BCUT2D eigenvalue weighted by Gasteiger charge is -2.11. The van der Waals surface area contributed by atoms with E-state index in [9.17, 15) is 0 Å². The zero-order valence-electron chi connectivity index (χ0n) is 20.5. The largest absolute Gasteiger partial charge is 0.0587 e. The van der Waals surface area contributed by atoms with Crippen molar-refractivity contribution in [2.24, 2.45) is 0 Å². The van der Waals surface area contributed by atoms with Crippen molar-refractivity contribution in [2.75, 3.05) is 0 Å². The first kappa shape index (κ1) is 20.9. The van der Waals surface area contributed by atoms with Gasteiger partial charge in [0.15, 0.2) is 0 Å². The van der Waals surface area contributed by atoms with E-state index in [2.05, 4.69) is 135 Å². The fraction of sp³-hybridized carbons (Fsp3) is 0.0556. The molecule has 0 saturated carbocycles. The standard InChI is InChI=1S/C36H26/c1-23-3-7-25(8-4-23)27-15-17-33-29(19-27)11-13-31-22-36-32(21-35(31)33)14-12-30-20-28(16-18-34(30)36)26-9-5-24(2)6-10-26/h3-22H,1-2H3. The van der Waals surface area contributed by atoms with Crippen molar-refractivity contribution in [2.45, 2.75) is 13.8 Å². The Morgan fingerprint density at radius 1 is 0.278 bits per heavy atom. The van der Waals surface area contributed by atoms with Gasteiger partial charge >= 0.3 is 0 Å². The molecule has 36 heavy (non-hydrogen) atoms. The summed E-state index contributed by atoms with van der Waals surface area (Å²) in [6, 6.07) is 45.1. The second kappa shape index (κ2) is 8.07. The Hall–Kier alpha value is -4.42. The van der Waals surface area contributed by atoms with Crippen molar-refractivity contribution in [3.8, 4) is 22.3 Å². The van der Waals surface area contributed by atoms with Crippen molar-refractivity contribution in [3.05, 3.63) is 132 Å². The van der Waals surface area contributed by atoms with Gasteiger partial charge in [-0.05, 0) is 103 Å². The van der Waals surface area contributed by atoms with Gasteiger partial charge in [-0.1, -0.05) is 108 Å². The van der Waals surface area contributed by atoms with Gasteiger partial charge in [0.05, 0.1) is 0 Å². The second-order valence-corrected chi connectivity index (χ2v) is 10.0. The molecule has 0 unspecified atom stereocenters. The lowest BCUT2D eigenvalue weighted by Crippen LogP contribution is -1.85. The van der Waals surface area contributed by atoms with Gasteiger partial charge in [0.2, 0.25) is 0 Å². The fourth-order valence-electron chi connectivity index (χ4n) is 5.48. The molecule has 7 rings (SSSR count). The highest BCUT2D eigenvalue weighted by Crippen LogP contribution is 2.36. The third-order valence-electron chi connectivity index (χ3n) is 7.56. The van der Waals surface area contributed by atoms with Gasteiger partial charge in [-0.2, -0.15) is 0 Å². The number of rotatable bonds is 2.